The molecule has 1 aromatic rings. The second-order valence-corrected chi connectivity index (χ2v) is 5.88. The molecule has 0 aromatic carbocycles. The fourth-order valence-electron chi connectivity index (χ4n) is 1.31. The van der Waals surface area contributed by atoms with Gasteiger partial charge in [-0.05, 0) is 10.8 Å². The van der Waals surface area contributed by atoms with E-state index in [-0.39, 0.29) is 13.2 Å². The van der Waals surface area contributed by atoms with E-state index in [0.29, 0.717) is 12.5 Å². The third-order valence-electron chi connectivity index (χ3n) is 2.11. The molecule has 0 aliphatic carbocycles. The molecule has 1 aromatic heterocycles. The maximum Gasteiger partial charge on any atom is 0.410 e. The van der Waals surface area contributed by atoms with E-state index in [4.69, 9.17) is 9.88 Å². The first kappa shape index (κ1) is 15.5. The van der Waals surface area contributed by atoms with Crippen molar-refractivity contribution in [3.05, 3.63) is 16.3 Å². The molecule has 0 saturated carbocycles. The van der Waals surface area contributed by atoms with E-state index in [9.17, 15) is 18.5 Å². The Morgan fingerprint density at radius 1 is 1.58 bits per heavy atom. The minimum absolute atomic E-state index is 0.211. The van der Waals surface area contributed by atoms with Gasteiger partial charge in [0.05, 0.1) is 24.4 Å². The molecule has 2 N–H and O–H groups in total. The molecule has 9 nitrogen and oxygen atoms in total. The van der Waals surface area contributed by atoms with Crippen LogP contribution >= 0.6 is 0 Å². The average molecular weight is 292 g/mol. The summed E-state index contributed by atoms with van der Waals surface area (Å²) in [6, 6.07) is 0. The Labute approximate surface area is 110 Å². The lowest BCUT2D eigenvalue weighted by Crippen LogP contribution is -2.13. The summed E-state index contributed by atoms with van der Waals surface area (Å²) in [5, 5.41) is 19.1. The van der Waals surface area contributed by atoms with Gasteiger partial charge < -0.3 is 14.9 Å². The number of rotatable bonds is 7. The molecule has 19 heavy (non-hydrogen) atoms. The van der Waals surface area contributed by atoms with E-state index in [1.54, 1.807) is 0 Å². The highest BCUT2D eigenvalue weighted by Gasteiger charge is 2.28. The molecule has 10 heteroatoms. The second-order valence-electron chi connectivity index (χ2n) is 4.35. The molecule has 1 rings (SSSR count). The highest BCUT2D eigenvalue weighted by molar-refractivity contribution is 7.89. The van der Waals surface area contributed by atoms with Crippen LogP contribution in [0, 0.1) is 16.0 Å². The number of hydrogen-bond acceptors (Lipinski definition) is 6. The van der Waals surface area contributed by atoms with Gasteiger partial charge in [0.25, 0.3) is 0 Å². The van der Waals surface area contributed by atoms with Gasteiger partial charge in [-0.2, -0.15) is 4.68 Å². The van der Waals surface area contributed by atoms with Crippen molar-refractivity contribution in [3.63, 3.8) is 0 Å². The molecule has 0 bridgehead atoms. The van der Waals surface area contributed by atoms with E-state index >= 15 is 0 Å². The molecule has 0 aliphatic heterocycles. The molecule has 0 radical (unpaired) electrons. The predicted octanol–water partition coefficient (Wildman–Crippen LogP) is 0.111. The van der Waals surface area contributed by atoms with Crippen molar-refractivity contribution in [2.24, 2.45) is 11.1 Å². The van der Waals surface area contributed by atoms with Gasteiger partial charge in [0.2, 0.25) is 14.9 Å². The van der Waals surface area contributed by atoms with Crippen LogP contribution in [0.25, 0.3) is 0 Å². The van der Waals surface area contributed by atoms with Crippen LogP contribution in [-0.4, -0.2) is 36.3 Å². The summed E-state index contributed by atoms with van der Waals surface area (Å²) in [6.45, 7) is 5.01. The van der Waals surface area contributed by atoms with Crippen LogP contribution in [0.5, 0.6) is 0 Å². The zero-order valence-corrected chi connectivity index (χ0v) is 11.5. The summed E-state index contributed by atoms with van der Waals surface area (Å²) >= 11 is 0. The van der Waals surface area contributed by atoms with Crippen molar-refractivity contribution in [1.82, 2.24) is 9.78 Å². The van der Waals surface area contributed by atoms with Crippen LogP contribution < -0.4 is 5.14 Å². The van der Waals surface area contributed by atoms with E-state index in [1.807, 2.05) is 13.8 Å². The van der Waals surface area contributed by atoms with E-state index < -0.39 is 25.7 Å². The van der Waals surface area contributed by atoms with Crippen LogP contribution in [0.4, 0.5) is 5.82 Å². The van der Waals surface area contributed by atoms with Crippen LogP contribution in [0.3, 0.4) is 0 Å². The van der Waals surface area contributed by atoms with Gasteiger partial charge in [-0.1, -0.05) is 13.8 Å². The minimum Gasteiger partial charge on any atom is -0.379 e. The molecule has 0 aliphatic rings. The molecule has 0 amide bonds. The minimum atomic E-state index is -4.17. The monoisotopic (exact) mass is 292 g/mol. The maximum atomic E-state index is 11.2. The standard InChI is InChI=1S/C9H16N4O5S/c1-7(2)6-18-4-3-12-5-8(19(10,16)17)9(11-12)13(14)15/h5,7H,3-4,6H2,1-2H3,(H2,10,16,17). The summed E-state index contributed by atoms with van der Waals surface area (Å²) in [7, 11) is -4.17. The van der Waals surface area contributed by atoms with Gasteiger partial charge in [-0.15, -0.1) is 0 Å². The topological polar surface area (TPSA) is 130 Å². The molecule has 0 fully saturated rings. The first-order valence-corrected chi connectivity index (χ1v) is 7.09. The fraction of sp³-hybridized carbons (Fsp3) is 0.667. The molecular weight excluding hydrogens is 276 g/mol. The van der Waals surface area contributed by atoms with Gasteiger partial charge >= 0.3 is 5.82 Å². The van der Waals surface area contributed by atoms with E-state index in [0.717, 1.165) is 10.9 Å². The number of primary sulfonamides is 1. The zero-order valence-electron chi connectivity index (χ0n) is 10.6. The Bertz CT molecular complexity index is 551. The van der Waals surface area contributed by atoms with Gasteiger partial charge in [-0.25, -0.2) is 13.6 Å². The highest BCUT2D eigenvalue weighted by atomic mass is 32.2. The van der Waals surface area contributed by atoms with Crippen molar-refractivity contribution in [2.75, 3.05) is 13.2 Å². The van der Waals surface area contributed by atoms with Crippen molar-refractivity contribution in [3.8, 4) is 0 Å². The molecule has 0 spiro atoms. The quantitative estimate of drug-likeness (QED) is 0.431. The lowest BCUT2D eigenvalue weighted by Gasteiger charge is -2.04. The number of sulfonamides is 1. The van der Waals surface area contributed by atoms with E-state index in [1.165, 1.54) is 0 Å². The number of nitrogens with two attached hydrogens (primary N) is 1. The summed E-state index contributed by atoms with van der Waals surface area (Å²) in [4.78, 5) is 9.20. The van der Waals surface area contributed by atoms with Crippen LogP contribution in [0.1, 0.15) is 13.8 Å². The molecule has 1 heterocycles. The predicted molar refractivity (Wildman–Crippen MR) is 65.9 cm³/mol. The Balaban J connectivity index is 2.79. The number of aromatic nitrogens is 2. The van der Waals surface area contributed by atoms with Crippen LogP contribution in [0.15, 0.2) is 11.1 Å². The maximum absolute atomic E-state index is 11.2. The molecular formula is C9H16N4O5S. The Kier molecular flexibility index (Phi) is 4.97. The number of ether oxygens (including phenoxy) is 1. The Morgan fingerprint density at radius 3 is 2.63 bits per heavy atom. The third-order valence-corrected chi connectivity index (χ3v) is 3.01. The fourth-order valence-corrected chi connectivity index (χ4v) is 1.95. The largest absolute Gasteiger partial charge is 0.410 e. The van der Waals surface area contributed by atoms with Crippen molar-refractivity contribution >= 4 is 15.8 Å². The van der Waals surface area contributed by atoms with Gasteiger partial charge in [0.15, 0.2) is 0 Å². The summed E-state index contributed by atoms with van der Waals surface area (Å²) in [5.74, 6) is -0.404. The smallest absolute Gasteiger partial charge is 0.379 e. The Hall–Kier alpha value is -1.52. The Morgan fingerprint density at radius 2 is 2.21 bits per heavy atom. The van der Waals surface area contributed by atoms with Crippen molar-refractivity contribution in [1.29, 1.82) is 0 Å². The van der Waals surface area contributed by atoms with Crippen molar-refractivity contribution < 1.29 is 18.1 Å². The molecule has 108 valence electrons. The van der Waals surface area contributed by atoms with Gasteiger partial charge in [-0.3, -0.25) is 0 Å². The lowest BCUT2D eigenvalue weighted by atomic mass is 10.2. The summed E-state index contributed by atoms with van der Waals surface area (Å²) in [6.07, 6.45) is 1.03. The lowest BCUT2D eigenvalue weighted by molar-refractivity contribution is -0.392. The SMILES string of the molecule is CC(C)COCCn1cc(S(N)(=O)=O)c([N+](=O)[O-])n1. The van der Waals surface area contributed by atoms with Crippen molar-refractivity contribution in [2.45, 2.75) is 25.3 Å². The van der Waals surface area contributed by atoms with Crippen LogP contribution in [0.2, 0.25) is 0 Å². The highest BCUT2D eigenvalue weighted by Crippen LogP contribution is 2.19. The second kappa shape index (κ2) is 6.08. The number of nitro groups is 1. The zero-order chi connectivity index (χ0) is 14.6. The molecule has 0 atom stereocenters. The summed E-state index contributed by atoms with van der Waals surface area (Å²) < 4.78 is 28.8. The molecule has 0 unspecified atom stereocenters. The normalized spacial score (nSPS) is 12.0. The first-order chi connectivity index (χ1) is 8.71. The third kappa shape index (κ3) is 4.58. The summed E-state index contributed by atoms with van der Waals surface area (Å²) in [5.41, 5.74) is 0. The average Bonchev–Trinajstić information content (AvgIpc) is 2.68. The number of hydrogen-bond donors (Lipinski definition) is 1. The van der Waals surface area contributed by atoms with Crippen LogP contribution in [-0.2, 0) is 21.3 Å². The number of nitrogens with zero attached hydrogens (tertiary/aromatic N) is 3. The molecule has 0 saturated heterocycles. The first-order valence-electron chi connectivity index (χ1n) is 5.54. The van der Waals surface area contributed by atoms with Gasteiger partial charge in [0.1, 0.15) is 0 Å². The van der Waals surface area contributed by atoms with Gasteiger partial charge in [0, 0.05) is 6.61 Å². The van der Waals surface area contributed by atoms with E-state index in [2.05, 4.69) is 5.10 Å².